The number of rotatable bonds is 7. The molecule has 2 heterocycles. The average Bonchev–Trinajstić information content (AvgIpc) is 2.81. The fourth-order valence-corrected chi connectivity index (χ4v) is 3.67. The summed E-state index contributed by atoms with van der Waals surface area (Å²) in [5, 5.41) is 0. The molecular formula is C25H29N5. The normalized spacial score (nSPS) is 14.9. The molecule has 0 amide bonds. The Morgan fingerprint density at radius 3 is 2.33 bits per heavy atom. The van der Waals surface area contributed by atoms with Crippen molar-refractivity contribution in [2.45, 2.75) is 6.54 Å². The highest BCUT2D eigenvalue weighted by molar-refractivity contribution is 5.49. The van der Waals surface area contributed by atoms with Crippen LogP contribution in [0.25, 0.3) is 6.08 Å². The van der Waals surface area contributed by atoms with E-state index in [9.17, 15) is 0 Å². The van der Waals surface area contributed by atoms with E-state index >= 15 is 0 Å². The third-order valence-corrected chi connectivity index (χ3v) is 5.41. The maximum atomic E-state index is 4.83. The summed E-state index contributed by atoms with van der Waals surface area (Å²) in [5.41, 5.74) is 2.53. The monoisotopic (exact) mass is 399 g/mol. The van der Waals surface area contributed by atoms with Crippen molar-refractivity contribution >= 4 is 17.8 Å². The number of hydrogen-bond donors (Lipinski definition) is 0. The minimum absolute atomic E-state index is 0.826. The van der Waals surface area contributed by atoms with Crippen molar-refractivity contribution in [3.63, 3.8) is 0 Å². The number of nitrogens with zero attached hydrogens (tertiary/aromatic N) is 5. The Morgan fingerprint density at radius 1 is 0.900 bits per heavy atom. The third kappa shape index (κ3) is 5.45. The fraction of sp³-hybridized carbons (Fsp3) is 0.280. The van der Waals surface area contributed by atoms with Crippen LogP contribution in [0.3, 0.4) is 0 Å². The van der Waals surface area contributed by atoms with Crippen molar-refractivity contribution < 1.29 is 0 Å². The first-order valence-electron chi connectivity index (χ1n) is 10.5. The molecule has 2 aromatic carbocycles. The van der Waals surface area contributed by atoms with Crippen molar-refractivity contribution in [2.24, 2.45) is 0 Å². The lowest BCUT2D eigenvalue weighted by Crippen LogP contribution is -2.47. The first-order chi connectivity index (χ1) is 14.8. The predicted molar refractivity (Wildman–Crippen MR) is 125 cm³/mol. The van der Waals surface area contributed by atoms with E-state index in [4.69, 9.17) is 4.98 Å². The molecule has 0 atom stereocenters. The molecule has 1 saturated heterocycles. The topological polar surface area (TPSA) is 35.5 Å². The molecule has 0 radical (unpaired) electrons. The van der Waals surface area contributed by atoms with Gasteiger partial charge in [0.25, 0.3) is 0 Å². The van der Waals surface area contributed by atoms with E-state index in [1.54, 1.807) is 0 Å². The Hall–Kier alpha value is -3.18. The molecule has 0 bridgehead atoms. The summed E-state index contributed by atoms with van der Waals surface area (Å²) >= 11 is 0. The zero-order chi connectivity index (χ0) is 20.6. The van der Waals surface area contributed by atoms with Crippen LogP contribution in [0.2, 0.25) is 0 Å². The van der Waals surface area contributed by atoms with E-state index < -0.39 is 0 Å². The van der Waals surface area contributed by atoms with Gasteiger partial charge in [-0.15, -0.1) is 0 Å². The molecular weight excluding hydrogens is 370 g/mol. The highest BCUT2D eigenvalue weighted by Crippen LogP contribution is 2.17. The lowest BCUT2D eigenvalue weighted by Gasteiger charge is -2.34. The van der Waals surface area contributed by atoms with Gasteiger partial charge in [0.05, 0.1) is 0 Å². The van der Waals surface area contributed by atoms with Crippen LogP contribution in [0, 0.1) is 0 Å². The van der Waals surface area contributed by atoms with Gasteiger partial charge in [0.15, 0.2) is 0 Å². The number of benzene rings is 2. The molecule has 5 heteroatoms. The molecule has 1 aliphatic heterocycles. The smallest absolute Gasteiger partial charge is 0.227 e. The summed E-state index contributed by atoms with van der Waals surface area (Å²) in [6, 6.07) is 22.9. The van der Waals surface area contributed by atoms with Gasteiger partial charge < -0.3 is 9.80 Å². The van der Waals surface area contributed by atoms with Gasteiger partial charge >= 0.3 is 0 Å². The number of aromatic nitrogens is 2. The highest BCUT2D eigenvalue weighted by atomic mass is 15.3. The van der Waals surface area contributed by atoms with Gasteiger partial charge in [0.2, 0.25) is 5.95 Å². The van der Waals surface area contributed by atoms with Crippen molar-refractivity contribution in [3.8, 4) is 0 Å². The van der Waals surface area contributed by atoms with Crippen molar-refractivity contribution in [3.05, 3.63) is 90.1 Å². The quantitative estimate of drug-likeness (QED) is 0.601. The molecule has 0 N–H and O–H groups in total. The Balaban J connectivity index is 1.30. The number of piperazine rings is 1. The molecule has 0 unspecified atom stereocenters. The molecule has 0 aliphatic carbocycles. The number of anilines is 2. The molecule has 4 rings (SSSR count). The van der Waals surface area contributed by atoms with Crippen molar-refractivity contribution in [2.75, 3.05) is 49.6 Å². The Labute approximate surface area is 179 Å². The predicted octanol–water partition coefficient (Wildman–Crippen LogP) is 3.95. The van der Waals surface area contributed by atoms with Crippen LogP contribution in [-0.4, -0.2) is 54.6 Å². The molecule has 1 aromatic heterocycles. The molecule has 0 saturated carbocycles. The second kappa shape index (κ2) is 10.0. The van der Waals surface area contributed by atoms with E-state index in [1.807, 2.05) is 24.4 Å². The Bertz CT molecular complexity index is 934. The van der Waals surface area contributed by atoms with Crippen molar-refractivity contribution in [1.82, 2.24) is 14.9 Å². The first-order valence-corrected chi connectivity index (χ1v) is 10.5. The zero-order valence-electron chi connectivity index (χ0n) is 17.6. The van der Waals surface area contributed by atoms with Crippen LogP contribution in [-0.2, 0) is 6.54 Å². The molecule has 1 aliphatic rings. The van der Waals surface area contributed by atoms with E-state index in [0.29, 0.717) is 0 Å². The Morgan fingerprint density at radius 2 is 1.60 bits per heavy atom. The Kier molecular flexibility index (Phi) is 6.72. The van der Waals surface area contributed by atoms with E-state index in [-0.39, 0.29) is 0 Å². The summed E-state index contributed by atoms with van der Waals surface area (Å²) in [6.07, 6.45) is 6.32. The SMILES string of the molecule is CN(Cc1ccccc1)c1ccnc(N2CCN(C/C=C/c3ccccc3)CC2)n1. The standard InChI is InChI=1S/C25H29N5/c1-28(21-23-11-6-3-7-12-23)24-14-15-26-25(27-24)30-19-17-29(18-20-30)16-8-13-22-9-4-2-5-10-22/h2-15H,16-21H2,1H3/b13-8+. The maximum absolute atomic E-state index is 4.83. The number of hydrogen-bond acceptors (Lipinski definition) is 5. The summed E-state index contributed by atoms with van der Waals surface area (Å²) < 4.78 is 0. The van der Waals surface area contributed by atoms with Crippen LogP contribution >= 0.6 is 0 Å². The first kappa shape index (κ1) is 20.1. The fourth-order valence-electron chi connectivity index (χ4n) is 3.67. The summed E-state index contributed by atoms with van der Waals surface area (Å²) in [7, 11) is 2.08. The second-order valence-corrected chi connectivity index (χ2v) is 7.66. The summed E-state index contributed by atoms with van der Waals surface area (Å²) in [4.78, 5) is 16.3. The van der Waals surface area contributed by atoms with Crippen LogP contribution < -0.4 is 9.80 Å². The zero-order valence-corrected chi connectivity index (χ0v) is 17.6. The minimum atomic E-state index is 0.826. The largest absolute Gasteiger partial charge is 0.355 e. The van der Waals surface area contributed by atoms with Gasteiger partial charge in [0, 0.05) is 52.5 Å². The van der Waals surface area contributed by atoms with Gasteiger partial charge in [-0.3, -0.25) is 4.90 Å². The molecule has 3 aromatic rings. The summed E-state index contributed by atoms with van der Waals surface area (Å²) in [6.45, 7) is 5.75. The van der Waals surface area contributed by atoms with E-state index in [0.717, 1.165) is 51.0 Å². The second-order valence-electron chi connectivity index (χ2n) is 7.66. The lowest BCUT2D eigenvalue weighted by atomic mass is 10.2. The van der Waals surface area contributed by atoms with Crippen LogP contribution in [0.15, 0.2) is 79.0 Å². The van der Waals surface area contributed by atoms with Crippen molar-refractivity contribution in [1.29, 1.82) is 0 Å². The molecule has 1 fully saturated rings. The van der Waals surface area contributed by atoms with Gasteiger partial charge in [-0.2, -0.15) is 4.98 Å². The molecule has 154 valence electrons. The van der Waals surface area contributed by atoms with Gasteiger partial charge in [0.1, 0.15) is 5.82 Å². The van der Waals surface area contributed by atoms with Gasteiger partial charge in [-0.1, -0.05) is 72.8 Å². The van der Waals surface area contributed by atoms with Crippen LogP contribution in [0.4, 0.5) is 11.8 Å². The average molecular weight is 400 g/mol. The third-order valence-electron chi connectivity index (χ3n) is 5.41. The van der Waals surface area contributed by atoms with E-state index in [2.05, 4.69) is 87.4 Å². The summed E-state index contributed by atoms with van der Waals surface area (Å²) in [5.74, 6) is 1.78. The van der Waals surface area contributed by atoms with Gasteiger partial charge in [-0.05, 0) is 17.2 Å². The molecule has 0 spiro atoms. The molecule has 5 nitrogen and oxygen atoms in total. The van der Waals surface area contributed by atoms with Crippen LogP contribution in [0.1, 0.15) is 11.1 Å². The minimum Gasteiger partial charge on any atom is -0.355 e. The van der Waals surface area contributed by atoms with Gasteiger partial charge in [-0.25, -0.2) is 4.98 Å². The highest BCUT2D eigenvalue weighted by Gasteiger charge is 2.18. The van der Waals surface area contributed by atoms with Crippen LogP contribution in [0.5, 0.6) is 0 Å². The molecule has 30 heavy (non-hydrogen) atoms. The lowest BCUT2D eigenvalue weighted by molar-refractivity contribution is 0.283. The van der Waals surface area contributed by atoms with E-state index in [1.165, 1.54) is 11.1 Å². The maximum Gasteiger partial charge on any atom is 0.227 e.